The van der Waals surface area contributed by atoms with E-state index < -0.39 is 41.4 Å². The van der Waals surface area contributed by atoms with Gasteiger partial charge in [0.2, 0.25) is 0 Å². The number of esters is 1. The molecule has 0 N–H and O–H groups in total. The highest BCUT2D eigenvalue weighted by atomic mass is 19.1. The number of hydrogen-bond donors (Lipinski definition) is 0. The van der Waals surface area contributed by atoms with Gasteiger partial charge in [-0.05, 0) is 39.0 Å². The van der Waals surface area contributed by atoms with E-state index >= 15 is 0 Å². The van der Waals surface area contributed by atoms with Gasteiger partial charge >= 0.3 is 11.7 Å². The van der Waals surface area contributed by atoms with E-state index in [1.807, 2.05) is 0 Å². The molecule has 1 unspecified atom stereocenters. The second-order valence-corrected chi connectivity index (χ2v) is 6.53. The normalized spacial score (nSPS) is 12.2. The summed E-state index contributed by atoms with van der Waals surface area (Å²) in [5.41, 5.74) is -2.37. The van der Waals surface area contributed by atoms with E-state index in [1.165, 1.54) is 27.0 Å². The lowest BCUT2D eigenvalue weighted by Gasteiger charge is -2.16. The van der Waals surface area contributed by atoms with Crippen LogP contribution in [0, 0.1) is 5.82 Å². The van der Waals surface area contributed by atoms with Crippen LogP contribution in [0.25, 0.3) is 0 Å². The minimum absolute atomic E-state index is 0.0206. The van der Waals surface area contributed by atoms with Gasteiger partial charge in [-0.2, -0.15) is 5.10 Å². The Morgan fingerprint density at radius 1 is 1.25 bits per heavy atom. The molecule has 172 valence electrons. The number of rotatable bonds is 9. The second kappa shape index (κ2) is 10.5. The first-order valence-corrected chi connectivity index (χ1v) is 9.51. The summed E-state index contributed by atoms with van der Waals surface area (Å²) in [7, 11) is 2.41. The summed E-state index contributed by atoms with van der Waals surface area (Å²) >= 11 is 0. The molecule has 0 saturated carbocycles. The molecule has 0 bridgehead atoms. The molecule has 0 aliphatic rings. The lowest BCUT2D eigenvalue weighted by atomic mass is 10.1. The monoisotopic (exact) mass is 450 g/mol. The van der Waals surface area contributed by atoms with Crippen molar-refractivity contribution in [3.05, 3.63) is 56.1 Å². The third-order valence-electron chi connectivity index (χ3n) is 4.43. The lowest BCUT2D eigenvalue weighted by Crippen LogP contribution is -2.48. The van der Waals surface area contributed by atoms with Crippen LogP contribution >= 0.6 is 0 Å². The Kier molecular flexibility index (Phi) is 7.99. The second-order valence-electron chi connectivity index (χ2n) is 6.53. The van der Waals surface area contributed by atoms with Gasteiger partial charge in [0.05, 0.1) is 19.8 Å². The van der Waals surface area contributed by atoms with E-state index in [-0.39, 0.29) is 29.3 Å². The van der Waals surface area contributed by atoms with Crippen molar-refractivity contribution >= 4 is 17.5 Å². The molecule has 0 fully saturated rings. The number of oxime groups is 1. The van der Waals surface area contributed by atoms with E-state index in [9.17, 15) is 23.6 Å². The highest BCUT2D eigenvalue weighted by molar-refractivity contribution is 5.98. The van der Waals surface area contributed by atoms with E-state index in [4.69, 9.17) is 9.57 Å². The molecule has 12 heteroatoms. The van der Waals surface area contributed by atoms with Crippen molar-refractivity contribution in [2.24, 2.45) is 5.16 Å². The average Bonchev–Trinajstić information content (AvgIpc) is 2.78. The standard InChI is InChI=1S/C20H23FN4O7/c1-6-32-23-11(2)17-18(27)25(12(3)19(28)31-5)20(29)24(22-17)10-15(26)14-9-13(21)7-8-16(14)30-4/h7-9,12H,6,10H2,1-5H3/b23-11+. The van der Waals surface area contributed by atoms with Crippen LogP contribution in [0.2, 0.25) is 0 Å². The van der Waals surface area contributed by atoms with Crippen molar-refractivity contribution in [1.82, 2.24) is 14.3 Å². The van der Waals surface area contributed by atoms with Crippen LogP contribution in [0.1, 0.15) is 42.9 Å². The number of carbonyl (C=O) groups is 2. The quantitative estimate of drug-likeness (QED) is 0.239. The Labute approximate surface area is 182 Å². The molecule has 11 nitrogen and oxygen atoms in total. The van der Waals surface area contributed by atoms with Crippen molar-refractivity contribution < 1.29 is 28.3 Å². The Morgan fingerprint density at radius 3 is 2.53 bits per heavy atom. The number of benzene rings is 1. The SMILES string of the molecule is CCO/N=C(\C)c1nn(CC(=O)c2cc(F)ccc2OC)c(=O)n(C(C)C(=O)OC)c1=O. The van der Waals surface area contributed by atoms with Gasteiger partial charge in [0.1, 0.15) is 36.5 Å². The van der Waals surface area contributed by atoms with Gasteiger partial charge in [-0.15, -0.1) is 0 Å². The maximum absolute atomic E-state index is 13.7. The van der Waals surface area contributed by atoms with Gasteiger partial charge in [-0.25, -0.2) is 23.2 Å². The third kappa shape index (κ3) is 5.07. The summed E-state index contributed by atoms with van der Waals surface area (Å²) in [6.45, 7) is 3.92. The number of ketones is 1. The summed E-state index contributed by atoms with van der Waals surface area (Å²) < 4.78 is 24.7. The molecule has 2 aromatic rings. The zero-order valence-electron chi connectivity index (χ0n) is 18.2. The molecule has 0 aliphatic heterocycles. The number of halogens is 1. The summed E-state index contributed by atoms with van der Waals surface area (Å²) in [5.74, 6) is -2.16. The average molecular weight is 450 g/mol. The maximum Gasteiger partial charge on any atom is 0.348 e. The zero-order chi connectivity index (χ0) is 24.0. The Morgan fingerprint density at radius 2 is 1.94 bits per heavy atom. The third-order valence-corrected chi connectivity index (χ3v) is 4.43. The predicted octanol–water partition coefficient (Wildman–Crippen LogP) is 0.930. The number of ether oxygens (including phenoxy) is 2. The molecule has 1 atom stereocenters. The number of nitrogens with zero attached hydrogens (tertiary/aromatic N) is 4. The molecule has 0 amide bonds. The van der Waals surface area contributed by atoms with Crippen LogP contribution < -0.4 is 16.0 Å². The van der Waals surface area contributed by atoms with Crippen molar-refractivity contribution in [2.75, 3.05) is 20.8 Å². The molecular weight excluding hydrogens is 427 g/mol. The molecule has 0 saturated heterocycles. The van der Waals surface area contributed by atoms with Crippen LogP contribution in [0.15, 0.2) is 32.9 Å². The number of aromatic nitrogens is 3. The van der Waals surface area contributed by atoms with Gasteiger partial charge in [-0.3, -0.25) is 9.59 Å². The van der Waals surface area contributed by atoms with Gasteiger partial charge in [-0.1, -0.05) is 5.16 Å². The molecule has 0 aliphatic carbocycles. The Hall–Kier alpha value is -3.83. The molecule has 32 heavy (non-hydrogen) atoms. The summed E-state index contributed by atoms with van der Waals surface area (Å²) in [5, 5.41) is 7.69. The van der Waals surface area contributed by atoms with Crippen LogP contribution in [0.5, 0.6) is 5.75 Å². The topological polar surface area (TPSA) is 131 Å². The zero-order valence-corrected chi connectivity index (χ0v) is 18.2. The van der Waals surface area contributed by atoms with E-state index in [1.54, 1.807) is 6.92 Å². The van der Waals surface area contributed by atoms with Crippen molar-refractivity contribution in [3.8, 4) is 5.75 Å². The smallest absolute Gasteiger partial charge is 0.348 e. The van der Waals surface area contributed by atoms with Gasteiger partial charge in [0.25, 0.3) is 5.56 Å². The highest BCUT2D eigenvalue weighted by Gasteiger charge is 2.26. The molecule has 1 heterocycles. The van der Waals surface area contributed by atoms with Crippen molar-refractivity contribution in [1.29, 1.82) is 0 Å². The summed E-state index contributed by atoms with van der Waals surface area (Å²) in [4.78, 5) is 55.6. The highest BCUT2D eigenvalue weighted by Crippen LogP contribution is 2.20. The first-order valence-electron chi connectivity index (χ1n) is 9.51. The fourth-order valence-corrected chi connectivity index (χ4v) is 2.80. The number of methoxy groups -OCH3 is 2. The van der Waals surface area contributed by atoms with Gasteiger partial charge < -0.3 is 14.3 Å². The summed E-state index contributed by atoms with van der Waals surface area (Å²) in [6, 6.07) is 2.03. The predicted molar refractivity (Wildman–Crippen MR) is 111 cm³/mol. The van der Waals surface area contributed by atoms with E-state index in [0.717, 1.165) is 19.2 Å². The first kappa shape index (κ1) is 24.4. The maximum atomic E-state index is 13.7. The minimum atomic E-state index is -1.31. The number of carbonyl (C=O) groups excluding carboxylic acids is 2. The molecule has 0 radical (unpaired) electrons. The minimum Gasteiger partial charge on any atom is -0.496 e. The van der Waals surface area contributed by atoms with Crippen LogP contribution in [-0.2, 0) is 20.9 Å². The van der Waals surface area contributed by atoms with Gasteiger partial charge in [0, 0.05) is 0 Å². The van der Waals surface area contributed by atoms with Gasteiger partial charge in [0.15, 0.2) is 11.5 Å². The van der Waals surface area contributed by atoms with Crippen molar-refractivity contribution in [2.45, 2.75) is 33.4 Å². The number of hydrogen-bond acceptors (Lipinski definition) is 9. The Balaban J connectivity index is 2.68. The lowest BCUT2D eigenvalue weighted by molar-refractivity contribution is -0.144. The molecular formula is C20H23FN4O7. The fourth-order valence-electron chi connectivity index (χ4n) is 2.80. The van der Waals surface area contributed by atoms with Crippen molar-refractivity contribution in [3.63, 3.8) is 0 Å². The van der Waals surface area contributed by atoms with E-state index in [0.29, 0.717) is 9.25 Å². The fraction of sp³-hybridized carbons (Fsp3) is 0.400. The van der Waals surface area contributed by atoms with Crippen LogP contribution in [0.3, 0.4) is 0 Å². The van der Waals surface area contributed by atoms with E-state index in [2.05, 4.69) is 15.0 Å². The molecule has 2 rings (SSSR count). The number of Topliss-reactive ketones (excluding diaryl/α,β-unsaturated/α-hetero) is 1. The Bertz CT molecular complexity index is 1170. The first-order chi connectivity index (χ1) is 15.2. The molecule has 1 aromatic heterocycles. The summed E-state index contributed by atoms with van der Waals surface area (Å²) in [6.07, 6.45) is 0. The van der Waals surface area contributed by atoms with Crippen LogP contribution in [-0.4, -0.2) is 52.6 Å². The molecule has 1 aromatic carbocycles. The van der Waals surface area contributed by atoms with Crippen LogP contribution in [0.4, 0.5) is 4.39 Å². The largest absolute Gasteiger partial charge is 0.496 e. The molecule has 0 spiro atoms.